The summed E-state index contributed by atoms with van der Waals surface area (Å²) in [6, 6.07) is 0.392. The molecule has 1 N–H and O–H groups in total. The summed E-state index contributed by atoms with van der Waals surface area (Å²) in [7, 11) is 1.74. The van der Waals surface area contributed by atoms with E-state index in [1.54, 1.807) is 7.11 Å². The largest absolute Gasteiger partial charge is 0.384 e. The average Bonchev–Trinajstić information content (AvgIpc) is 2.87. The number of thiazole rings is 1. The van der Waals surface area contributed by atoms with E-state index in [1.165, 1.54) is 54.5 Å². The number of piperidine rings is 1. The summed E-state index contributed by atoms with van der Waals surface area (Å²) in [4.78, 5) is 8.61. The highest BCUT2D eigenvalue weighted by molar-refractivity contribution is 7.11. The smallest absolute Gasteiger partial charge is 0.0954 e. The van der Waals surface area contributed by atoms with Crippen molar-refractivity contribution in [2.75, 3.05) is 39.9 Å². The maximum atomic E-state index is 5.13. The summed E-state index contributed by atoms with van der Waals surface area (Å²) in [5, 5.41) is 4.84. The second kappa shape index (κ2) is 8.83. The molecule has 1 saturated heterocycles. The second-order valence-corrected chi connectivity index (χ2v) is 6.99. The lowest BCUT2D eigenvalue weighted by atomic mass is 10.1. The molecule has 0 saturated carbocycles. The third-order valence-corrected chi connectivity index (χ3v) is 5.52. The van der Waals surface area contributed by atoms with Crippen LogP contribution in [-0.2, 0) is 11.2 Å². The van der Waals surface area contributed by atoms with Gasteiger partial charge in [0.15, 0.2) is 0 Å². The average molecular weight is 311 g/mol. The van der Waals surface area contributed by atoms with E-state index in [0.717, 1.165) is 19.6 Å². The summed E-state index contributed by atoms with van der Waals surface area (Å²) in [6.45, 7) is 9.89. The fourth-order valence-corrected chi connectivity index (χ4v) is 3.95. The van der Waals surface area contributed by atoms with E-state index in [1.807, 2.05) is 11.3 Å². The third-order valence-electron chi connectivity index (χ3n) is 4.12. The van der Waals surface area contributed by atoms with Crippen molar-refractivity contribution < 1.29 is 4.74 Å². The Labute approximate surface area is 132 Å². The molecule has 4 nitrogen and oxygen atoms in total. The van der Waals surface area contributed by atoms with E-state index in [9.17, 15) is 0 Å². The van der Waals surface area contributed by atoms with E-state index in [-0.39, 0.29) is 0 Å². The number of hydrogen-bond donors (Lipinski definition) is 1. The number of hydrogen-bond acceptors (Lipinski definition) is 5. The number of aryl methyl sites for hydroxylation is 1. The van der Waals surface area contributed by atoms with Gasteiger partial charge in [0.1, 0.15) is 0 Å². The molecule has 0 aliphatic carbocycles. The normalized spacial score (nSPS) is 18.0. The standard InChI is InChI=1S/C16H29N3OS/c1-13(17-8-11-19-9-5-4-6-10-19)16-14(2)18-15(21-16)7-12-20-3/h13,17H,4-12H2,1-3H3/t13-/m0/s1. The minimum atomic E-state index is 0.392. The van der Waals surface area contributed by atoms with Gasteiger partial charge in [0.25, 0.3) is 0 Å². The molecular formula is C16H29N3OS. The molecule has 0 radical (unpaired) electrons. The van der Waals surface area contributed by atoms with Crippen LogP contribution < -0.4 is 5.32 Å². The molecule has 1 aliphatic heterocycles. The Hall–Kier alpha value is -0.490. The summed E-state index contributed by atoms with van der Waals surface area (Å²) in [5.41, 5.74) is 1.17. The van der Waals surface area contributed by atoms with Crippen LogP contribution in [0.3, 0.4) is 0 Å². The van der Waals surface area contributed by atoms with E-state index >= 15 is 0 Å². The van der Waals surface area contributed by atoms with Gasteiger partial charge in [0.05, 0.1) is 17.3 Å². The molecule has 1 aromatic rings. The van der Waals surface area contributed by atoms with Crippen molar-refractivity contribution in [3.63, 3.8) is 0 Å². The van der Waals surface area contributed by atoms with Gasteiger partial charge in [-0.3, -0.25) is 0 Å². The second-order valence-electron chi connectivity index (χ2n) is 5.88. The molecule has 0 aromatic carbocycles. The van der Waals surface area contributed by atoms with Crippen molar-refractivity contribution >= 4 is 11.3 Å². The van der Waals surface area contributed by atoms with E-state index in [0.29, 0.717) is 6.04 Å². The number of nitrogens with one attached hydrogen (secondary N) is 1. The Morgan fingerprint density at radius 1 is 1.33 bits per heavy atom. The monoisotopic (exact) mass is 311 g/mol. The molecule has 0 amide bonds. The summed E-state index contributed by atoms with van der Waals surface area (Å²) in [6.07, 6.45) is 5.06. The highest BCUT2D eigenvalue weighted by Crippen LogP contribution is 2.25. The molecule has 0 bridgehead atoms. The zero-order valence-corrected chi connectivity index (χ0v) is 14.5. The van der Waals surface area contributed by atoms with Crippen LogP contribution >= 0.6 is 11.3 Å². The van der Waals surface area contributed by atoms with Gasteiger partial charge >= 0.3 is 0 Å². The Bertz CT molecular complexity index is 416. The van der Waals surface area contributed by atoms with Crippen molar-refractivity contribution in [1.82, 2.24) is 15.2 Å². The SMILES string of the molecule is COCCc1nc(C)c([C@H](C)NCCN2CCCCC2)s1. The number of aromatic nitrogens is 1. The Morgan fingerprint density at radius 3 is 2.81 bits per heavy atom. The van der Waals surface area contributed by atoms with Crippen LogP contribution in [0.15, 0.2) is 0 Å². The Balaban J connectivity index is 1.76. The number of nitrogens with zero attached hydrogens (tertiary/aromatic N) is 2. The first-order valence-electron chi connectivity index (χ1n) is 8.11. The van der Waals surface area contributed by atoms with Gasteiger partial charge in [0, 0.05) is 37.5 Å². The highest BCUT2D eigenvalue weighted by Gasteiger charge is 2.15. The molecule has 1 aromatic heterocycles. The third kappa shape index (κ3) is 5.33. The first kappa shape index (κ1) is 16.9. The lowest BCUT2D eigenvalue weighted by molar-refractivity contribution is 0.202. The molecule has 5 heteroatoms. The molecule has 2 heterocycles. The van der Waals surface area contributed by atoms with E-state index in [2.05, 4.69) is 29.0 Å². The Morgan fingerprint density at radius 2 is 2.10 bits per heavy atom. The zero-order valence-electron chi connectivity index (χ0n) is 13.7. The van der Waals surface area contributed by atoms with E-state index in [4.69, 9.17) is 4.74 Å². The van der Waals surface area contributed by atoms with Crippen molar-refractivity contribution in [2.45, 2.75) is 45.6 Å². The van der Waals surface area contributed by atoms with Crippen LogP contribution in [-0.4, -0.2) is 49.8 Å². The molecule has 0 spiro atoms. The molecule has 120 valence electrons. The molecule has 1 aliphatic rings. The number of likely N-dealkylation sites (tertiary alicyclic amines) is 1. The molecule has 1 atom stereocenters. The molecule has 1 fully saturated rings. The Kier molecular flexibility index (Phi) is 7.10. The predicted octanol–water partition coefficient (Wildman–Crippen LogP) is 2.78. The van der Waals surface area contributed by atoms with E-state index < -0.39 is 0 Å². The summed E-state index contributed by atoms with van der Waals surface area (Å²) >= 11 is 1.83. The molecule has 2 rings (SSSR count). The maximum Gasteiger partial charge on any atom is 0.0954 e. The van der Waals surface area contributed by atoms with Gasteiger partial charge < -0.3 is 15.0 Å². The molecular weight excluding hydrogens is 282 g/mol. The van der Waals surface area contributed by atoms with Gasteiger partial charge in [-0.1, -0.05) is 6.42 Å². The van der Waals surface area contributed by atoms with Crippen LogP contribution in [0.5, 0.6) is 0 Å². The molecule has 0 unspecified atom stereocenters. The topological polar surface area (TPSA) is 37.4 Å². The van der Waals surface area contributed by atoms with Crippen LogP contribution in [0.25, 0.3) is 0 Å². The fraction of sp³-hybridized carbons (Fsp3) is 0.812. The van der Waals surface area contributed by atoms with Crippen LogP contribution in [0.1, 0.15) is 47.8 Å². The maximum absolute atomic E-state index is 5.13. The first-order chi connectivity index (χ1) is 10.2. The molecule has 21 heavy (non-hydrogen) atoms. The lowest BCUT2D eigenvalue weighted by Gasteiger charge is -2.27. The van der Waals surface area contributed by atoms with Crippen molar-refractivity contribution in [3.8, 4) is 0 Å². The van der Waals surface area contributed by atoms with Crippen molar-refractivity contribution in [2.24, 2.45) is 0 Å². The van der Waals surface area contributed by atoms with Gasteiger partial charge in [0.2, 0.25) is 0 Å². The van der Waals surface area contributed by atoms with Crippen molar-refractivity contribution in [3.05, 3.63) is 15.6 Å². The number of ether oxygens (including phenoxy) is 1. The van der Waals surface area contributed by atoms with Crippen LogP contribution in [0.4, 0.5) is 0 Å². The quantitative estimate of drug-likeness (QED) is 0.801. The van der Waals surface area contributed by atoms with Gasteiger partial charge in [-0.15, -0.1) is 11.3 Å². The van der Waals surface area contributed by atoms with Gasteiger partial charge in [-0.25, -0.2) is 4.98 Å². The predicted molar refractivity (Wildman–Crippen MR) is 89.1 cm³/mol. The van der Waals surface area contributed by atoms with Crippen LogP contribution in [0.2, 0.25) is 0 Å². The summed E-state index contributed by atoms with van der Waals surface area (Å²) < 4.78 is 5.13. The van der Waals surface area contributed by atoms with Gasteiger partial charge in [-0.05, 0) is 39.8 Å². The minimum absolute atomic E-state index is 0.392. The highest BCUT2D eigenvalue weighted by atomic mass is 32.1. The van der Waals surface area contributed by atoms with Crippen molar-refractivity contribution in [1.29, 1.82) is 0 Å². The summed E-state index contributed by atoms with van der Waals surface area (Å²) in [5.74, 6) is 0. The number of rotatable bonds is 8. The lowest BCUT2D eigenvalue weighted by Crippen LogP contribution is -2.36. The zero-order chi connectivity index (χ0) is 15.1. The first-order valence-corrected chi connectivity index (χ1v) is 8.93. The van der Waals surface area contributed by atoms with Gasteiger partial charge in [-0.2, -0.15) is 0 Å². The van der Waals surface area contributed by atoms with Crippen LogP contribution in [0, 0.1) is 6.92 Å². The minimum Gasteiger partial charge on any atom is -0.384 e. The fourth-order valence-electron chi connectivity index (χ4n) is 2.88. The number of methoxy groups -OCH3 is 1.